The highest BCUT2D eigenvalue weighted by atomic mass is 35.5. The van der Waals surface area contributed by atoms with E-state index in [1.165, 1.54) is 6.07 Å². The largest absolute Gasteiger partial charge is 0.504 e. The standard InChI is InChI=1S/C15H15ClN2O3/c1-17-15(21)9-5-6-11(16)12(7-9)18-8-10-3-2-4-13(19)14(10)20/h2-7,18-20H,8H2,1H3,(H,17,21). The molecular formula is C15H15ClN2O3. The highest BCUT2D eigenvalue weighted by Gasteiger charge is 2.09. The van der Waals surface area contributed by atoms with Crippen LogP contribution in [0.15, 0.2) is 36.4 Å². The monoisotopic (exact) mass is 306 g/mol. The Morgan fingerprint density at radius 2 is 2.00 bits per heavy atom. The van der Waals surface area contributed by atoms with Gasteiger partial charge < -0.3 is 20.8 Å². The van der Waals surface area contributed by atoms with Crippen molar-refractivity contribution < 1.29 is 15.0 Å². The molecule has 6 heteroatoms. The molecule has 0 atom stereocenters. The highest BCUT2D eigenvalue weighted by molar-refractivity contribution is 6.33. The third-order valence-electron chi connectivity index (χ3n) is 3.02. The zero-order chi connectivity index (χ0) is 15.4. The summed E-state index contributed by atoms with van der Waals surface area (Å²) in [4.78, 5) is 11.6. The van der Waals surface area contributed by atoms with Gasteiger partial charge in [0.15, 0.2) is 11.5 Å². The zero-order valence-electron chi connectivity index (χ0n) is 11.4. The Kier molecular flexibility index (Phi) is 4.55. The van der Waals surface area contributed by atoms with Gasteiger partial charge in [-0.2, -0.15) is 0 Å². The summed E-state index contributed by atoms with van der Waals surface area (Å²) in [5, 5.41) is 25.2. The molecule has 0 spiro atoms. The Morgan fingerprint density at radius 1 is 1.24 bits per heavy atom. The number of anilines is 1. The number of halogens is 1. The van der Waals surface area contributed by atoms with Crippen molar-refractivity contribution in [3.8, 4) is 11.5 Å². The van der Waals surface area contributed by atoms with Crippen molar-refractivity contribution in [3.63, 3.8) is 0 Å². The van der Waals surface area contributed by atoms with Crippen LogP contribution < -0.4 is 10.6 Å². The quantitative estimate of drug-likeness (QED) is 0.655. The van der Waals surface area contributed by atoms with Crippen LogP contribution in [0.1, 0.15) is 15.9 Å². The Balaban J connectivity index is 2.19. The van der Waals surface area contributed by atoms with Crippen LogP contribution in [0.2, 0.25) is 5.02 Å². The maximum absolute atomic E-state index is 11.6. The molecule has 0 aliphatic heterocycles. The van der Waals surface area contributed by atoms with Crippen LogP contribution in [0.25, 0.3) is 0 Å². The van der Waals surface area contributed by atoms with E-state index in [4.69, 9.17) is 11.6 Å². The van der Waals surface area contributed by atoms with Gasteiger partial charge in [-0.3, -0.25) is 4.79 Å². The van der Waals surface area contributed by atoms with Crippen LogP contribution in [-0.4, -0.2) is 23.2 Å². The van der Waals surface area contributed by atoms with Crippen molar-refractivity contribution in [2.45, 2.75) is 6.54 Å². The van der Waals surface area contributed by atoms with E-state index in [0.717, 1.165) is 0 Å². The first-order valence-corrected chi connectivity index (χ1v) is 6.66. The lowest BCUT2D eigenvalue weighted by molar-refractivity contribution is 0.0963. The predicted octanol–water partition coefficient (Wildman–Crippen LogP) is 2.72. The molecular weight excluding hydrogens is 292 g/mol. The van der Waals surface area contributed by atoms with Crippen molar-refractivity contribution in [2.75, 3.05) is 12.4 Å². The molecule has 21 heavy (non-hydrogen) atoms. The number of para-hydroxylation sites is 1. The molecule has 4 N–H and O–H groups in total. The normalized spacial score (nSPS) is 10.2. The number of benzene rings is 2. The zero-order valence-corrected chi connectivity index (χ0v) is 12.1. The number of phenols is 2. The Labute approximate surface area is 127 Å². The van der Waals surface area contributed by atoms with Gasteiger partial charge in [-0.1, -0.05) is 23.7 Å². The smallest absolute Gasteiger partial charge is 0.251 e. The fourth-order valence-corrected chi connectivity index (χ4v) is 2.04. The Bertz CT molecular complexity index is 674. The molecule has 0 bridgehead atoms. The van der Waals surface area contributed by atoms with Crippen molar-refractivity contribution in [2.24, 2.45) is 0 Å². The number of rotatable bonds is 4. The van der Waals surface area contributed by atoms with E-state index >= 15 is 0 Å². The molecule has 0 saturated heterocycles. The number of carbonyl (C=O) groups excluding carboxylic acids is 1. The minimum atomic E-state index is -0.213. The summed E-state index contributed by atoms with van der Waals surface area (Å²) in [6.45, 7) is 0.261. The van der Waals surface area contributed by atoms with Crippen LogP contribution in [0.3, 0.4) is 0 Å². The molecule has 0 aliphatic rings. The lowest BCUT2D eigenvalue weighted by Crippen LogP contribution is -2.17. The average molecular weight is 307 g/mol. The lowest BCUT2D eigenvalue weighted by atomic mass is 10.1. The summed E-state index contributed by atoms with van der Waals surface area (Å²) in [7, 11) is 1.55. The van der Waals surface area contributed by atoms with Crippen LogP contribution in [-0.2, 0) is 6.54 Å². The average Bonchev–Trinajstić information content (AvgIpc) is 2.49. The molecule has 0 saturated carbocycles. The van der Waals surface area contributed by atoms with E-state index in [-0.39, 0.29) is 24.0 Å². The second-order valence-corrected chi connectivity index (χ2v) is 4.82. The summed E-state index contributed by atoms with van der Waals surface area (Å²) in [6, 6.07) is 9.58. The Morgan fingerprint density at radius 3 is 2.71 bits per heavy atom. The van der Waals surface area contributed by atoms with Gasteiger partial charge in [-0.25, -0.2) is 0 Å². The fraction of sp³-hybridized carbons (Fsp3) is 0.133. The maximum atomic E-state index is 11.6. The summed E-state index contributed by atoms with van der Waals surface area (Å²) in [5.74, 6) is -0.571. The number of hydrogen-bond donors (Lipinski definition) is 4. The van der Waals surface area contributed by atoms with Crippen molar-refractivity contribution >= 4 is 23.2 Å². The lowest BCUT2D eigenvalue weighted by Gasteiger charge is -2.11. The second kappa shape index (κ2) is 6.37. The number of aromatic hydroxyl groups is 2. The molecule has 0 heterocycles. The molecule has 0 aromatic heterocycles. The number of hydrogen-bond acceptors (Lipinski definition) is 4. The topological polar surface area (TPSA) is 81.6 Å². The van der Waals surface area contributed by atoms with Gasteiger partial charge >= 0.3 is 0 Å². The first kappa shape index (κ1) is 15.0. The van der Waals surface area contributed by atoms with Gasteiger partial charge in [-0.15, -0.1) is 0 Å². The molecule has 2 aromatic rings. The van der Waals surface area contributed by atoms with Crippen molar-refractivity contribution in [1.29, 1.82) is 0 Å². The van der Waals surface area contributed by atoms with E-state index in [1.807, 2.05) is 0 Å². The molecule has 5 nitrogen and oxygen atoms in total. The number of phenolic OH excluding ortho intramolecular Hbond substituents is 2. The van der Waals surface area contributed by atoms with Crippen molar-refractivity contribution in [1.82, 2.24) is 5.32 Å². The highest BCUT2D eigenvalue weighted by Crippen LogP contribution is 2.30. The molecule has 2 rings (SSSR count). The molecule has 0 unspecified atom stereocenters. The van der Waals surface area contributed by atoms with Crippen LogP contribution in [0.5, 0.6) is 11.5 Å². The third-order valence-corrected chi connectivity index (χ3v) is 3.35. The molecule has 1 amide bonds. The third kappa shape index (κ3) is 3.38. The number of nitrogens with one attached hydrogen (secondary N) is 2. The molecule has 0 fully saturated rings. The minimum Gasteiger partial charge on any atom is -0.504 e. The second-order valence-electron chi connectivity index (χ2n) is 4.41. The van der Waals surface area contributed by atoms with Gasteiger partial charge in [0, 0.05) is 24.7 Å². The van der Waals surface area contributed by atoms with E-state index < -0.39 is 0 Å². The first-order chi connectivity index (χ1) is 10.0. The van der Waals surface area contributed by atoms with E-state index in [1.54, 1.807) is 37.4 Å². The van der Waals surface area contributed by atoms with Crippen molar-refractivity contribution in [3.05, 3.63) is 52.5 Å². The van der Waals surface area contributed by atoms with Crippen LogP contribution in [0.4, 0.5) is 5.69 Å². The minimum absolute atomic E-state index is 0.177. The predicted molar refractivity (Wildman–Crippen MR) is 81.9 cm³/mol. The molecule has 0 aliphatic carbocycles. The van der Waals surface area contributed by atoms with Crippen LogP contribution in [0, 0.1) is 0 Å². The summed E-state index contributed by atoms with van der Waals surface area (Å²) >= 11 is 6.08. The van der Waals surface area contributed by atoms with E-state index in [9.17, 15) is 15.0 Å². The molecule has 110 valence electrons. The van der Waals surface area contributed by atoms with Crippen LogP contribution >= 0.6 is 11.6 Å². The van der Waals surface area contributed by atoms with Gasteiger partial charge in [-0.05, 0) is 24.3 Å². The van der Waals surface area contributed by atoms with E-state index in [2.05, 4.69) is 10.6 Å². The van der Waals surface area contributed by atoms with E-state index in [0.29, 0.717) is 21.8 Å². The number of amides is 1. The van der Waals surface area contributed by atoms with Gasteiger partial charge in [0.25, 0.3) is 5.91 Å². The van der Waals surface area contributed by atoms with Gasteiger partial charge in [0.2, 0.25) is 0 Å². The summed E-state index contributed by atoms with van der Waals surface area (Å²) in [6.07, 6.45) is 0. The Hall–Kier alpha value is -2.40. The maximum Gasteiger partial charge on any atom is 0.251 e. The fourth-order valence-electron chi connectivity index (χ4n) is 1.86. The summed E-state index contributed by atoms with van der Waals surface area (Å²) < 4.78 is 0. The molecule has 2 aromatic carbocycles. The SMILES string of the molecule is CNC(=O)c1ccc(Cl)c(NCc2cccc(O)c2O)c1. The van der Waals surface area contributed by atoms with Gasteiger partial charge in [0.1, 0.15) is 0 Å². The van der Waals surface area contributed by atoms with Gasteiger partial charge in [0.05, 0.1) is 10.7 Å². The summed E-state index contributed by atoms with van der Waals surface area (Å²) in [5.41, 5.74) is 1.57. The first-order valence-electron chi connectivity index (χ1n) is 6.28. The molecule has 0 radical (unpaired) electrons. The number of carbonyl (C=O) groups is 1.